The first-order valence-electron chi connectivity index (χ1n) is 27.2. The molecule has 65 heavy (non-hydrogen) atoms. The van der Waals surface area contributed by atoms with Crippen LogP contribution in [0.2, 0.25) is 0 Å². The Morgan fingerprint density at radius 2 is 0.400 bits per heavy atom. The van der Waals surface area contributed by atoms with E-state index in [9.17, 15) is 4.79 Å². The maximum absolute atomic E-state index is 11.9. The number of carbonyl (C=O) groups excluding carboxylic acids is 1. The van der Waals surface area contributed by atoms with Crippen molar-refractivity contribution < 1.29 is 56.9 Å². The van der Waals surface area contributed by atoms with Gasteiger partial charge < -0.3 is 52.1 Å². The molecule has 0 amide bonds. The molecule has 0 heterocycles. The van der Waals surface area contributed by atoms with E-state index in [1.165, 1.54) is 161 Å². The first kappa shape index (κ1) is 64.1. The molecular formula is C53H106O12. The Labute approximate surface area is 400 Å². The van der Waals surface area contributed by atoms with Gasteiger partial charge in [0.1, 0.15) is 6.61 Å². The van der Waals surface area contributed by atoms with Crippen molar-refractivity contribution in [2.45, 2.75) is 200 Å². The molecule has 0 aromatic heterocycles. The monoisotopic (exact) mass is 935 g/mol. The molecule has 0 unspecified atom stereocenters. The van der Waals surface area contributed by atoms with Gasteiger partial charge in [0.15, 0.2) is 0 Å². The van der Waals surface area contributed by atoms with E-state index in [2.05, 4.69) is 13.8 Å². The van der Waals surface area contributed by atoms with Gasteiger partial charge >= 0.3 is 5.97 Å². The Bertz CT molecular complexity index is 854. The maximum Gasteiger partial charge on any atom is 0.305 e. The summed E-state index contributed by atoms with van der Waals surface area (Å²) in [6, 6.07) is 0. The third kappa shape index (κ3) is 61.1. The number of hydrogen-bond acceptors (Lipinski definition) is 12. The highest BCUT2D eigenvalue weighted by Crippen LogP contribution is 2.15. The Hall–Kier alpha value is -0.930. The summed E-state index contributed by atoms with van der Waals surface area (Å²) in [4.78, 5) is 11.9. The molecule has 0 saturated heterocycles. The predicted molar refractivity (Wildman–Crippen MR) is 264 cm³/mol. The molecule has 12 nitrogen and oxygen atoms in total. The molecule has 0 N–H and O–H groups in total. The first-order valence-corrected chi connectivity index (χ1v) is 27.2. The van der Waals surface area contributed by atoms with Crippen LogP contribution in [0.1, 0.15) is 200 Å². The molecule has 0 bridgehead atoms. The van der Waals surface area contributed by atoms with Crippen molar-refractivity contribution in [1.29, 1.82) is 0 Å². The number of ether oxygens (including phenoxy) is 11. The molecule has 0 saturated carbocycles. The minimum Gasteiger partial charge on any atom is -0.463 e. The molecule has 0 atom stereocenters. The Balaban J connectivity index is 3.12. The molecule has 0 radical (unpaired) electrons. The summed E-state index contributed by atoms with van der Waals surface area (Å²) in [5.41, 5.74) is 0. The van der Waals surface area contributed by atoms with Crippen LogP contribution < -0.4 is 0 Å². The van der Waals surface area contributed by atoms with Crippen LogP contribution in [-0.4, -0.2) is 145 Å². The largest absolute Gasteiger partial charge is 0.463 e. The Morgan fingerprint density at radius 1 is 0.215 bits per heavy atom. The van der Waals surface area contributed by atoms with Gasteiger partial charge in [-0.2, -0.15) is 0 Å². The van der Waals surface area contributed by atoms with Crippen molar-refractivity contribution >= 4 is 5.97 Å². The molecule has 0 aliphatic heterocycles. The molecule has 0 fully saturated rings. The zero-order valence-corrected chi connectivity index (χ0v) is 42.8. The van der Waals surface area contributed by atoms with Crippen LogP contribution in [-0.2, 0) is 56.9 Å². The molecule has 390 valence electrons. The summed E-state index contributed by atoms with van der Waals surface area (Å²) in [6.07, 6.45) is 38.0. The molecule has 0 aliphatic carbocycles. The van der Waals surface area contributed by atoms with Crippen molar-refractivity contribution in [3.05, 3.63) is 0 Å². The lowest BCUT2D eigenvalue weighted by Gasteiger charge is -2.09. The molecule has 0 aliphatic rings. The van der Waals surface area contributed by atoms with Crippen molar-refractivity contribution in [2.24, 2.45) is 0 Å². The number of unbranched alkanes of at least 4 members (excludes halogenated alkanes) is 26. The van der Waals surface area contributed by atoms with Crippen LogP contribution in [0, 0.1) is 0 Å². The molecule has 0 spiro atoms. The third-order valence-electron chi connectivity index (χ3n) is 11.2. The van der Waals surface area contributed by atoms with Gasteiger partial charge in [0.05, 0.1) is 126 Å². The molecular weight excluding hydrogens is 829 g/mol. The van der Waals surface area contributed by atoms with Gasteiger partial charge in [-0.15, -0.1) is 0 Å². The van der Waals surface area contributed by atoms with Gasteiger partial charge in [-0.1, -0.05) is 181 Å². The fourth-order valence-electron chi connectivity index (χ4n) is 7.23. The highest BCUT2D eigenvalue weighted by molar-refractivity contribution is 5.69. The molecule has 0 rings (SSSR count). The first-order chi connectivity index (χ1) is 32.3. The standard InChI is InChI=1S/C53H106O12/c1-3-5-7-9-11-13-15-17-18-19-21-23-25-27-29-31-53(54)65-52-51-64-50-49-63-48-47-62-46-45-61-44-43-60-42-41-59-40-39-58-38-37-57-36-35-56-34-33-55-32-30-28-26-24-22-20-16-14-12-10-8-6-4-2/h3-52H2,1-2H3. The minimum absolute atomic E-state index is 0.127. The maximum atomic E-state index is 11.9. The normalized spacial score (nSPS) is 11.6. The van der Waals surface area contributed by atoms with Crippen molar-refractivity contribution in [3.63, 3.8) is 0 Å². The lowest BCUT2D eigenvalue weighted by atomic mass is 10.0. The third-order valence-corrected chi connectivity index (χ3v) is 11.2. The van der Waals surface area contributed by atoms with Gasteiger partial charge in [-0.3, -0.25) is 4.79 Å². The summed E-state index contributed by atoms with van der Waals surface area (Å²) in [5, 5.41) is 0. The van der Waals surface area contributed by atoms with Crippen molar-refractivity contribution in [2.75, 3.05) is 139 Å². The summed E-state index contributed by atoms with van der Waals surface area (Å²) in [5.74, 6) is -0.127. The topological polar surface area (TPSA) is 119 Å². The number of carbonyl (C=O) groups is 1. The summed E-state index contributed by atoms with van der Waals surface area (Å²) < 4.78 is 60.8. The lowest BCUT2D eigenvalue weighted by molar-refractivity contribution is -0.145. The zero-order valence-electron chi connectivity index (χ0n) is 42.8. The van der Waals surface area contributed by atoms with E-state index in [4.69, 9.17) is 52.1 Å². The van der Waals surface area contributed by atoms with Crippen LogP contribution in [0.4, 0.5) is 0 Å². The Morgan fingerprint density at radius 3 is 0.646 bits per heavy atom. The van der Waals surface area contributed by atoms with E-state index in [-0.39, 0.29) is 5.97 Å². The van der Waals surface area contributed by atoms with Gasteiger partial charge in [0.2, 0.25) is 0 Å². The number of rotatable bonds is 60. The van der Waals surface area contributed by atoms with Crippen LogP contribution in [0.5, 0.6) is 0 Å². The fourth-order valence-corrected chi connectivity index (χ4v) is 7.23. The SMILES string of the molecule is CCCCCCCCCCCCCCCCCC(=O)OCCOCCOCCOCCOCCOCCOCCOCCOCCOCCOCCCCCCCCCCCCCCC. The van der Waals surface area contributed by atoms with E-state index < -0.39 is 0 Å². The minimum atomic E-state index is -0.127. The van der Waals surface area contributed by atoms with E-state index in [1.54, 1.807) is 0 Å². The van der Waals surface area contributed by atoms with Gasteiger partial charge in [-0.25, -0.2) is 0 Å². The van der Waals surface area contributed by atoms with Crippen LogP contribution in [0.3, 0.4) is 0 Å². The van der Waals surface area contributed by atoms with Gasteiger partial charge in [-0.05, 0) is 12.8 Å². The van der Waals surface area contributed by atoms with Gasteiger partial charge in [0, 0.05) is 13.0 Å². The van der Waals surface area contributed by atoms with Crippen LogP contribution in [0.15, 0.2) is 0 Å². The quantitative estimate of drug-likeness (QED) is 0.0427. The second-order valence-electron chi connectivity index (χ2n) is 17.3. The fraction of sp³-hybridized carbons (Fsp3) is 0.981. The second kappa shape index (κ2) is 61.1. The van der Waals surface area contributed by atoms with Crippen LogP contribution >= 0.6 is 0 Å². The van der Waals surface area contributed by atoms with E-state index in [0.717, 1.165) is 25.9 Å². The van der Waals surface area contributed by atoms with Crippen molar-refractivity contribution in [1.82, 2.24) is 0 Å². The molecule has 12 heteroatoms. The molecule has 0 aromatic rings. The highest BCUT2D eigenvalue weighted by Gasteiger charge is 2.03. The van der Waals surface area contributed by atoms with Crippen LogP contribution in [0.25, 0.3) is 0 Å². The highest BCUT2D eigenvalue weighted by atomic mass is 16.6. The smallest absolute Gasteiger partial charge is 0.305 e. The van der Waals surface area contributed by atoms with E-state index >= 15 is 0 Å². The van der Waals surface area contributed by atoms with E-state index in [0.29, 0.717) is 139 Å². The van der Waals surface area contributed by atoms with Crippen molar-refractivity contribution in [3.8, 4) is 0 Å². The number of hydrogen-bond donors (Lipinski definition) is 0. The zero-order chi connectivity index (χ0) is 46.7. The van der Waals surface area contributed by atoms with E-state index in [1.807, 2.05) is 0 Å². The second-order valence-corrected chi connectivity index (χ2v) is 17.3. The van der Waals surface area contributed by atoms with Gasteiger partial charge in [0.25, 0.3) is 0 Å². The number of esters is 1. The average molecular weight is 935 g/mol. The summed E-state index contributed by atoms with van der Waals surface area (Å²) >= 11 is 0. The summed E-state index contributed by atoms with van der Waals surface area (Å²) in [6.45, 7) is 15.5. The summed E-state index contributed by atoms with van der Waals surface area (Å²) in [7, 11) is 0. The molecule has 0 aromatic carbocycles. The Kier molecular flexibility index (Phi) is 60.2. The predicted octanol–water partition coefficient (Wildman–Crippen LogP) is 12.0. The average Bonchev–Trinajstić information content (AvgIpc) is 3.31. The lowest BCUT2D eigenvalue weighted by Crippen LogP contribution is -2.15.